The quantitative estimate of drug-likeness (QED) is 0.790. The smallest absolute Gasteiger partial charge is 0.254 e. The maximum Gasteiger partial charge on any atom is 0.254 e. The summed E-state index contributed by atoms with van der Waals surface area (Å²) in [6.07, 6.45) is 1.16. The van der Waals surface area contributed by atoms with Gasteiger partial charge in [0.25, 0.3) is 5.91 Å². The SMILES string of the molecule is CC(c1ccc(S(C)(=O)=O)cc1)N(C)C(=O)c1ccc(Cl)c(Cl)c1. The molecule has 0 saturated heterocycles. The van der Waals surface area contributed by atoms with Crippen LogP contribution in [0.15, 0.2) is 47.4 Å². The van der Waals surface area contributed by atoms with Crippen molar-refractivity contribution in [1.29, 1.82) is 0 Å². The summed E-state index contributed by atoms with van der Waals surface area (Å²) in [4.78, 5) is 14.4. The molecule has 0 saturated carbocycles. The average molecular weight is 386 g/mol. The van der Waals surface area contributed by atoms with Crippen LogP contribution in [0.25, 0.3) is 0 Å². The zero-order valence-corrected chi connectivity index (χ0v) is 15.8. The second-order valence-electron chi connectivity index (χ2n) is 5.56. The van der Waals surface area contributed by atoms with Gasteiger partial charge in [-0.15, -0.1) is 0 Å². The number of hydrogen-bond acceptors (Lipinski definition) is 3. The van der Waals surface area contributed by atoms with Gasteiger partial charge in [-0.3, -0.25) is 4.79 Å². The summed E-state index contributed by atoms with van der Waals surface area (Å²) in [6, 6.07) is 11.0. The van der Waals surface area contributed by atoms with Crippen molar-refractivity contribution in [1.82, 2.24) is 4.90 Å². The van der Waals surface area contributed by atoms with E-state index in [4.69, 9.17) is 23.2 Å². The second-order valence-corrected chi connectivity index (χ2v) is 8.39. The van der Waals surface area contributed by atoms with Crippen LogP contribution in [0.3, 0.4) is 0 Å². The fraction of sp³-hybridized carbons (Fsp3) is 0.235. The predicted molar refractivity (Wildman–Crippen MR) is 96.5 cm³/mol. The van der Waals surface area contributed by atoms with Gasteiger partial charge in [-0.05, 0) is 42.8 Å². The number of nitrogens with zero attached hydrogens (tertiary/aromatic N) is 1. The molecular weight excluding hydrogens is 369 g/mol. The topological polar surface area (TPSA) is 54.5 Å². The molecule has 0 fully saturated rings. The van der Waals surface area contributed by atoms with Crippen LogP contribution in [-0.2, 0) is 9.84 Å². The standard InChI is InChI=1S/C17H17Cl2NO3S/c1-11(12-4-7-14(8-5-12)24(3,22)23)20(2)17(21)13-6-9-15(18)16(19)10-13/h4-11H,1-3H3. The van der Waals surface area contributed by atoms with Crippen LogP contribution < -0.4 is 0 Å². The number of amides is 1. The molecule has 2 aromatic rings. The molecule has 1 atom stereocenters. The van der Waals surface area contributed by atoms with Crippen molar-refractivity contribution < 1.29 is 13.2 Å². The van der Waals surface area contributed by atoms with E-state index in [0.717, 1.165) is 11.8 Å². The number of benzene rings is 2. The molecule has 0 aliphatic carbocycles. The summed E-state index contributed by atoms with van der Waals surface area (Å²) in [5.41, 5.74) is 1.27. The third kappa shape index (κ3) is 4.09. The lowest BCUT2D eigenvalue weighted by molar-refractivity contribution is 0.0742. The molecule has 0 aliphatic heterocycles. The van der Waals surface area contributed by atoms with Gasteiger partial charge in [0.15, 0.2) is 9.84 Å². The zero-order chi connectivity index (χ0) is 18.1. The summed E-state index contributed by atoms with van der Waals surface area (Å²) in [7, 11) is -1.56. The maximum atomic E-state index is 12.6. The number of rotatable bonds is 4. The monoisotopic (exact) mass is 385 g/mol. The largest absolute Gasteiger partial charge is 0.335 e. The minimum atomic E-state index is -3.24. The molecule has 1 amide bonds. The third-order valence-corrected chi connectivity index (χ3v) is 5.73. The number of carbonyl (C=O) groups is 1. The van der Waals surface area contributed by atoms with Crippen molar-refractivity contribution in [2.75, 3.05) is 13.3 Å². The summed E-state index contributed by atoms with van der Waals surface area (Å²) < 4.78 is 23.0. The Bertz CT molecular complexity index is 864. The lowest BCUT2D eigenvalue weighted by Gasteiger charge is -2.25. The molecule has 4 nitrogen and oxygen atoms in total. The van der Waals surface area contributed by atoms with E-state index >= 15 is 0 Å². The fourth-order valence-electron chi connectivity index (χ4n) is 2.23. The molecule has 0 N–H and O–H groups in total. The highest BCUT2D eigenvalue weighted by Crippen LogP contribution is 2.26. The Morgan fingerprint density at radius 3 is 2.12 bits per heavy atom. The molecule has 0 heterocycles. The lowest BCUT2D eigenvalue weighted by atomic mass is 10.1. The first-order valence-electron chi connectivity index (χ1n) is 7.13. The van der Waals surface area contributed by atoms with Gasteiger partial charge in [-0.1, -0.05) is 35.3 Å². The summed E-state index contributed by atoms with van der Waals surface area (Å²) in [5.74, 6) is -0.201. The van der Waals surface area contributed by atoms with Gasteiger partial charge >= 0.3 is 0 Å². The Kier molecular flexibility index (Phi) is 5.58. The van der Waals surface area contributed by atoms with E-state index in [0.29, 0.717) is 15.6 Å². The summed E-state index contributed by atoms with van der Waals surface area (Å²) >= 11 is 11.8. The van der Waals surface area contributed by atoms with Crippen LogP contribution in [0, 0.1) is 0 Å². The van der Waals surface area contributed by atoms with Crippen LogP contribution in [0.5, 0.6) is 0 Å². The molecule has 0 radical (unpaired) electrons. The summed E-state index contributed by atoms with van der Waals surface area (Å²) in [5, 5.41) is 0.710. The number of hydrogen-bond donors (Lipinski definition) is 0. The molecule has 2 rings (SSSR count). The second kappa shape index (κ2) is 7.13. The Labute approximate surface area is 151 Å². The van der Waals surface area contributed by atoms with E-state index in [2.05, 4.69) is 0 Å². The van der Waals surface area contributed by atoms with Crippen LogP contribution in [0.4, 0.5) is 0 Å². The molecule has 0 bridgehead atoms. The van der Waals surface area contributed by atoms with Crippen molar-refractivity contribution in [3.05, 3.63) is 63.6 Å². The first-order chi connectivity index (χ1) is 11.1. The minimum Gasteiger partial charge on any atom is -0.335 e. The Morgan fingerprint density at radius 2 is 1.62 bits per heavy atom. The van der Waals surface area contributed by atoms with Gasteiger partial charge in [0, 0.05) is 18.9 Å². The van der Waals surface area contributed by atoms with Crippen molar-refractivity contribution in [3.8, 4) is 0 Å². The van der Waals surface area contributed by atoms with Gasteiger partial charge in [-0.2, -0.15) is 0 Å². The van der Waals surface area contributed by atoms with Crippen molar-refractivity contribution in [3.63, 3.8) is 0 Å². The zero-order valence-electron chi connectivity index (χ0n) is 13.5. The first-order valence-corrected chi connectivity index (χ1v) is 9.78. The Morgan fingerprint density at radius 1 is 1.04 bits per heavy atom. The fourth-order valence-corrected chi connectivity index (χ4v) is 3.15. The van der Waals surface area contributed by atoms with Crippen LogP contribution in [0.2, 0.25) is 10.0 Å². The van der Waals surface area contributed by atoms with E-state index < -0.39 is 9.84 Å². The van der Waals surface area contributed by atoms with E-state index in [1.807, 2.05) is 6.92 Å². The Hall–Kier alpha value is -1.56. The van der Waals surface area contributed by atoms with Crippen LogP contribution in [-0.4, -0.2) is 32.5 Å². The van der Waals surface area contributed by atoms with E-state index in [9.17, 15) is 13.2 Å². The highest BCUT2D eigenvalue weighted by molar-refractivity contribution is 7.90. The van der Waals surface area contributed by atoms with Crippen molar-refractivity contribution >= 4 is 38.9 Å². The molecule has 1 unspecified atom stereocenters. The summed E-state index contributed by atoms with van der Waals surface area (Å²) in [6.45, 7) is 1.87. The van der Waals surface area contributed by atoms with Crippen LogP contribution in [0.1, 0.15) is 28.9 Å². The third-order valence-electron chi connectivity index (χ3n) is 3.86. The van der Waals surface area contributed by atoms with Crippen molar-refractivity contribution in [2.24, 2.45) is 0 Å². The molecule has 2 aromatic carbocycles. The highest BCUT2D eigenvalue weighted by Gasteiger charge is 2.20. The molecule has 0 spiro atoms. The predicted octanol–water partition coefficient (Wildman–Crippen LogP) is 4.23. The van der Waals surface area contributed by atoms with E-state index in [-0.39, 0.29) is 16.8 Å². The average Bonchev–Trinajstić information content (AvgIpc) is 2.54. The molecule has 0 aliphatic rings. The van der Waals surface area contributed by atoms with Gasteiger partial charge in [0.1, 0.15) is 0 Å². The van der Waals surface area contributed by atoms with Gasteiger partial charge < -0.3 is 4.90 Å². The molecule has 7 heteroatoms. The number of carbonyl (C=O) groups excluding carboxylic acids is 1. The number of sulfone groups is 1. The first kappa shape index (κ1) is 18.8. The van der Waals surface area contributed by atoms with Crippen molar-refractivity contribution in [2.45, 2.75) is 17.9 Å². The van der Waals surface area contributed by atoms with Gasteiger partial charge in [0.2, 0.25) is 0 Å². The maximum absolute atomic E-state index is 12.6. The minimum absolute atomic E-state index is 0.201. The lowest BCUT2D eigenvalue weighted by Crippen LogP contribution is -2.29. The highest BCUT2D eigenvalue weighted by atomic mass is 35.5. The Balaban J connectivity index is 2.23. The molecule has 0 aromatic heterocycles. The molecule has 24 heavy (non-hydrogen) atoms. The van der Waals surface area contributed by atoms with Crippen LogP contribution >= 0.6 is 23.2 Å². The number of halogens is 2. The normalized spacial score (nSPS) is 12.7. The van der Waals surface area contributed by atoms with Gasteiger partial charge in [0.05, 0.1) is 21.0 Å². The molecule has 128 valence electrons. The molecular formula is C17H17Cl2NO3S. The van der Waals surface area contributed by atoms with E-state index in [1.54, 1.807) is 48.3 Å². The van der Waals surface area contributed by atoms with E-state index in [1.165, 1.54) is 6.07 Å². The van der Waals surface area contributed by atoms with Gasteiger partial charge in [-0.25, -0.2) is 8.42 Å².